The van der Waals surface area contributed by atoms with E-state index in [0.717, 1.165) is 35.0 Å². The van der Waals surface area contributed by atoms with Gasteiger partial charge in [-0.25, -0.2) is 9.78 Å². The Balaban J connectivity index is 1.59. The number of carbonyl (C=O) groups is 2. The highest BCUT2D eigenvalue weighted by atomic mass is 16.6. The molecule has 0 N–H and O–H groups in total. The molecule has 3 aromatic rings. The zero-order chi connectivity index (χ0) is 30.1. The smallest absolute Gasteiger partial charge is 0.356 e. The number of aryl methyl sites for hydroxylation is 1. The summed E-state index contributed by atoms with van der Waals surface area (Å²) in [4.78, 5) is 45.9. The molecule has 0 atom stereocenters. The Morgan fingerprint density at radius 2 is 1.31 bits per heavy atom. The average Bonchev–Trinajstić information content (AvgIpc) is 2.92. The van der Waals surface area contributed by atoms with Crippen molar-refractivity contribution < 1.29 is 19.1 Å². The Morgan fingerprint density at radius 1 is 0.762 bits per heavy atom. The van der Waals surface area contributed by atoms with Crippen LogP contribution in [0.2, 0.25) is 0 Å². The van der Waals surface area contributed by atoms with Gasteiger partial charge in [0.2, 0.25) is 0 Å². The molecule has 0 spiro atoms. The number of fused-ring (bicyclic) bond motifs is 2. The predicted octanol–water partition coefficient (Wildman–Crippen LogP) is 3.63. The summed E-state index contributed by atoms with van der Waals surface area (Å²) in [7, 11) is 1.35. The minimum Gasteiger partial charge on any atom is -0.464 e. The molecule has 0 radical (unpaired) electrons. The van der Waals surface area contributed by atoms with Crippen LogP contribution < -0.4 is 0 Å². The van der Waals surface area contributed by atoms with Gasteiger partial charge in [-0.2, -0.15) is 0 Å². The Bertz CT molecular complexity index is 1360. The molecule has 42 heavy (non-hydrogen) atoms. The van der Waals surface area contributed by atoms with Gasteiger partial charge >= 0.3 is 11.9 Å². The van der Waals surface area contributed by atoms with Crippen molar-refractivity contribution in [3.05, 3.63) is 88.8 Å². The van der Waals surface area contributed by atoms with E-state index in [1.54, 1.807) is 6.07 Å². The van der Waals surface area contributed by atoms with Crippen molar-refractivity contribution in [3.63, 3.8) is 0 Å². The highest BCUT2D eigenvalue weighted by Gasteiger charge is 2.22. The fraction of sp³-hybridized carbons (Fsp3) is 0.469. The van der Waals surface area contributed by atoms with Gasteiger partial charge in [0.25, 0.3) is 0 Å². The summed E-state index contributed by atoms with van der Waals surface area (Å²) in [6.07, 6.45) is 0. The first-order valence-electron chi connectivity index (χ1n) is 14.4. The van der Waals surface area contributed by atoms with E-state index in [2.05, 4.69) is 31.8 Å². The molecular weight excluding hydrogens is 532 g/mol. The van der Waals surface area contributed by atoms with Gasteiger partial charge in [-0.1, -0.05) is 18.2 Å². The minimum absolute atomic E-state index is 0.196. The Hall–Kier alpha value is -3.73. The average molecular weight is 575 g/mol. The summed E-state index contributed by atoms with van der Waals surface area (Å²) in [5, 5.41) is 0. The Kier molecular flexibility index (Phi) is 10.7. The van der Waals surface area contributed by atoms with Gasteiger partial charge in [0.05, 0.1) is 36.4 Å². The molecule has 0 aromatic carbocycles. The van der Waals surface area contributed by atoms with Crippen molar-refractivity contribution in [2.24, 2.45) is 0 Å². The number of aromatic nitrogens is 3. The van der Waals surface area contributed by atoms with Crippen molar-refractivity contribution in [2.45, 2.75) is 59.5 Å². The van der Waals surface area contributed by atoms with E-state index in [4.69, 9.17) is 19.4 Å². The normalized spacial score (nSPS) is 15.8. The number of rotatable bonds is 7. The highest BCUT2D eigenvalue weighted by Crippen LogP contribution is 2.15. The van der Waals surface area contributed by atoms with Crippen LogP contribution in [0, 0.1) is 6.92 Å². The molecule has 0 aliphatic carbocycles. The van der Waals surface area contributed by atoms with Gasteiger partial charge in [-0.3, -0.25) is 29.5 Å². The summed E-state index contributed by atoms with van der Waals surface area (Å²) < 4.78 is 10.5. The molecule has 224 valence electrons. The summed E-state index contributed by atoms with van der Waals surface area (Å²) in [5.41, 5.74) is 4.40. The van der Waals surface area contributed by atoms with Crippen LogP contribution in [0.4, 0.5) is 0 Å². The molecule has 1 aliphatic rings. The van der Waals surface area contributed by atoms with Crippen LogP contribution in [-0.4, -0.2) is 87.0 Å². The predicted molar refractivity (Wildman–Crippen MR) is 159 cm³/mol. The summed E-state index contributed by atoms with van der Waals surface area (Å²) in [6, 6.07) is 17.6. The molecule has 0 saturated heterocycles. The number of pyridine rings is 3. The lowest BCUT2D eigenvalue weighted by Gasteiger charge is -2.31. The highest BCUT2D eigenvalue weighted by molar-refractivity contribution is 5.87. The van der Waals surface area contributed by atoms with Crippen LogP contribution in [-0.2, 0) is 40.4 Å². The monoisotopic (exact) mass is 574 g/mol. The van der Waals surface area contributed by atoms with Crippen molar-refractivity contribution in [3.8, 4) is 0 Å². The first-order chi connectivity index (χ1) is 20.1. The lowest BCUT2D eigenvalue weighted by atomic mass is 10.2. The number of nitrogens with zero attached hydrogens (tertiary/aromatic N) is 6. The minimum atomic E-state index is -0.552. The van der Waals surface area contributed by atoms with E-state index in [9.17, 15) is 9.59 Å². The van der Waals surface area contributed by atoms with E-state index in [-0.39, 0.29) is 18.2 Å². The zero-order valence-corrected chi connectivity index (χ0v) is 25.4. The number of hydrogen-bond donors (Lipinski definition) is 0. The van der Waals surface area contributed by atoms with Crippen LogP contribution in [0.3, 0.4) is 0 Å². The summed E-state index contributed by atoms with van der Waals surface area (Å²) >= 11 is 0. The second-order valence-corrected chi connectivity index (χ2v) is 11.7. The van der Waals surface area contributed by atoms with Crippen LogP contribution in [0.1, 0.15) is 59.7 Å². The SMILES string of the molecule is COC(=O)c1cccc(CN2CCN(CC(=O)OC(C)(C)C)CCN(Cc3cccc(C)n3)Cc3cccc(n3)C2)n1. The number of esters is 2. The van der Waals surface area contributed by atoms with Gasteiger partial charge in [-0.15, -0.1) is 0 Å². The third kappa shape index (κ3) is 9.97. The van der Waals surface area contributed by atoms with Crippen molar-refractivity contribution in [1.82, 2.24) is 29.7 Å². The molecule has 10 heteroatoms. The molecular formula is C32H42N6O4. The quantitative estimate of drug-likeness (QED) is 0.389. The van der Waals surface area contributed by atoms with E-state index in [1.807, 2.05) is 64.1 Å². The lowest BCUT2D eigenvalue weighted by molar-refractivity contribution is -0.156. The number of hydrogen-bond acceptors (Lipinski definition) is 10. The molecule has 4 heterocycles. The number of ether oxygens (including phenoxy) is 2. The van der Waals surface area contributed by atoms with Crippen molar-refractivity contribution in [1.29, 1.82) is 0 Å². The Morgan fingerprint density at radius 3 is 1.88 bits per heavy atom. The summed E-state index contributed by atoms with van der Waals surface area (Å²) in [5.74, 6) is -0.707. The van der Waals surface area contributed by atoms with Gasteiger partial charge in [-0.05, 0) is 64.1 Å². The molecule has 1 aliphatic heterocycles. The van der Waals surface area contributed by atoms with Crippen LogP contribution in [0.5, 0.6) is 0 Å². The fourth-order valence-electron chi connectivity index (χ4n) is 4.92. The number of methoxy groups -OCH3 is 1. The van der Waals surface area contributed by atoms with Gasteiger partial charge in [0, 0.05) is 58.1 Å². The molecule has 4 rings (SSSR count). The zero-order valence-electron chi connectivity index (χ0n) is 25.4. The van der Waals surface area contributed by atoms with Gasteiger partial charge in [0.15, 0.2) is 0 Å². The first kappa shape index (κ1) is 31.2. The van der Waals surface area contributed by atoms with Crippen LogP contribution in [0.15, 0.2) is 54.6 Å². The Labute approximate surface area is 248 Å². The molecule has 10 nitrogen and oxygen atoms in total. The summed E-state index contributed by atoms with van der Waals surface area (Å²) in [6.45, 7) is 13.0. The maximum absolute atomic E-state index is 12.9. The third-order valence-corrected chi connectivity index (χ3v) is 6.79. The second-order valence-electron chi connectivity index (χ2n) is 11.7. The molecule has 3 aromatic heterocycles. The second kappa shape index (κ2) is 14.4. The first-order valence-corrected chi connectivity index (χ1v) is 14.4. The molecule has 0 unspecified atom stereocenters. The van der Waals surface area contributed by atoms with Crippen LogP contribution in [0.25, 0.3) is 0 Å². The number of carbonyl (C=O) groups excluding carboxylic acids is 2. The van der Waals surface area contributed by atoms with E-state index < -0.39 is 11.6 Å². The molecule has 0 amide bonds. The molecule has 2 bridgehead atoms. The maximum atomic E-state index is 12.9. The fourth-order valence-corrected chi connectivity index (χ4v) is 4.92. The van der Waals surface area contributed by atoms with E-state index in [1.165, 1.54) is 7.11 Å². The van der Waals surface area contributed by atoms with E-state index in [0.29, 0.717) is 45.8 Å². The maximum Gasteiger partial charge on any atom is 0.356 e. The molecule has 0 saturated carbocycles. The topological polar surface area (TPSA) is 101 Å². The van der Waals surface area contributed by atoms with Gasteiger partial charge in [0.1, 0.15) is 11.3 Å². The van der Waals surface area contributed by atoms with Crippen molar-refractivity contribution >= 4 is 11.9 Å². The molecule has 0 fully saturated rings. The van der Waals surface area contributed by atoms with Gasteiger partial charge < -0.3 is 9.47 Å². The lowest BCUT2D eigenvalue weighted by Crippen LogP contribution is -2.43. The largest absolute Gasteiger partial charge is 0.464 e. The van der Waals surface area contributed by atoms with E-state index >= 15 is 0 Å². The van der Waals surface area contributed by atoms with Crippen LogP contribution >= 0.6 is 0 Å². The van der Waals surface area contributed by atoms with Crippen molar-refractivity contribution in [2.75, 3.05) is 39.8 Å². The standard InChI is InChI=1S/C32H42N6O4/c1-24-9-6-10-25(33-24)19-37-17-15-36(23-30(39)42-32(2,3)4)16-18-38(21-27-12-7-11-26(20-37)34-27)22-28-13-8-14-29(35-28)31(40)41-5/h6-14H,15-23H2,1-5H3. The third-order valence-electron chi connectivity index (χ3n) is 6.79.